The van der Waals surface area contributed by atoms with Crippen molar-refractivity contribution in [2.24, 2.45) is 5.41 Å². The normalized spacial score (nSPS) is 23.4. The van der Waals surface area contributed by atoms with Crippen LogP contribution < -0.4 is 0 Å². The molecule has 2 aromatic rings. The molecule has 2 fully saturated rings. The Kier molecular flexibility index (Phi) is 4.63. The van der Waals surface area contributed by atoms with Crippen molar-refractivity contribution in [1.29, 1.82) is 0 Å². The lowest BCUT2D eigenvalue weighted by Crippen LogP contribution is -2.55. The number of aryl methyl sites for hydroxylation is 1. The second-order valence-corrected chi connectivity index (χ2v) is 7.92. The molecule has 0 radical (unpaired) electrons. The molecule has 1 atom stereocenters. The summed E-state index contributed by atoms with van der Waals surface area (Å²) >= 11 is 0. The van der Waals surface area contributed by atoms with Crippen LogP contribution in [-0.2, 0) is 4.79 Å². The van der Waals surface area contributed by atoms with Gasteiger partial charge in [-0.05, 0) is 37.8 Å². The number of amides is 2. The standard InChI is InChI=1S/C20H26N4O3/c1-15-4-2-8-22-12-16(21-18(15)22)19(27)24-9-3-6-20(14-24)7-5-17(26)23(13-20)10-11-25/h2,4,8,12,25H,3,5-7,9-11,13-14H2,1H3. The van der Waals surface area contributed by atoms with E-state index in [1.54, 1.807) is 11.1 Å². The number of aromatic nitrogens is 2. The van der Waals surface area contributed by atoms with Crippen molar-refractivity contribution in [1.82, 2.24) is 19.2 Å². The van der Waals surface area contributed by atoms with E-state index in [1.807, 2.05) is 34.6 Å². The Morgan fingerprint density at radius 2 is 2.19 bits per heavy atom. The van der Waals surface area contributed by atoms with E-state index in [0.717, 1.165) is 37.0 Å². The highest BCUT2D eigenvalue weighted by Crippen LogP contribution is 2.39. The Bertz CT molecular complexity index is 877. The Morgan fingerprint density at radius 3 is 2.96 bits per heavy atom. The number of hydrogen-bond acceptors (Lipinski definition) is 4. The van der Waals surface area contributed by atoms with E-state index in [0.29, 0.717) is 31.7 Å². The number of carbonyl (C=O) groups excluding carboxylic acids is 2. The minimum absolute atomic E-state index is 0.0228. The molecule has 0 aliphatic carbocycles. The summed E-state index contributed by atoms with van der Waals surface area (Å²) in [7, 11) is 0. The van der Waals surface area contributed by atoms with Gasteiger partial charge in [-0.15, -0.1) is 0 Å². The lowest BCUT2D eigenvalue weighted by molar-refractivity contribution is -0.139. The van der Waals surface area contributed by atoms with E-state index in [4.69, 9.17) is 0 Å². The summed E-state index contributed by atoms with van der Waals surface area (Å²) in [5, 5.41) is 9.23. The first-order valence-electron chi connectivity index (χ1n) is 9.64. The molecule has 2 aliphatic heterocycles. The second kappa shape index (κ2) is 6.96. The number of carbonyl (C=O) groups is 2. The summed E-state index contributed by atoms with van der Waals surface area (Å²) in [4.78, 5) is 33.4. The molecule has 2 aliphatic rings. The predicted molar refractivity (Wildman–Crippen MR) is 100 cm³/mol. The number of hydrogen-bond donors (Lipinski definition) is 1. The first-order chi connectivity index (χ1) is 13.0. The molecule has 0 saturated carbocycles. The maximum atomic E-state index is 13.1. The van der Waals surface area contributed by atoms with Gasteiger partial charge in [-0.25, -0.2) is 4.98 Å². The molecule has 1 unspecified atom stereocenters. The van der Waals surface area contributed by atoms with E-state index >= 15 is 0 Å². The molecule has 4 heterocycles. The molecule has 1 spiro atoms. The highest BCUT2D eigenvalue weighted by atomic mass is 16.3. The summed E-state index contributed by atoms with van der Waals surface area (Å²) in [5.74, 6) is 0.0664. The number of rotatable bonds is 3. The monoisotopic (exact) mass is 370 g/mol. The fraction of sp³-hybridized carbons (Fsp3) is 0.550. The van der Waals surface area contributed by atoms with E-state index < -0.39 is 0 Å². The second-order valence-electron chi connectivity index (χ2n) is 7.92. The van der Waals surface area contributed by atoms with Crippen LogP contribution in [0.4, 0.5) is 0 Å². The zero-order chi connectivity index (χ0) is 19.0. The van der Waals surface area contributed by atoms with Gasteiger partial charge in [0.25, 0.3) is 5.91 Å². The van der Waals surface area contributed by atoms with Crippen LogP contribution in [0.5, 0.6) is 0 Å². The first-order valence-corrected chi connectivity index (χ1v) is 9.64. The van der Waals surface area contributed by atoms with E-state index in [1.165, 1.54) is 0 Å². The highest BCUT2D eigenvalue weighted by Gasteiger charge is 2.42. The van der Waals surface area contributed by atoms with Crippen molar-refractivity contribution < 1.29 is 14.7 Å². The molecule has 2 saturated heterocycles. The van der Waals surface area contributed by atoms with Gasteiger partial charge in [0.15, 0.2) is 0 Å². The molecular weight excluding hydrogens is 344 g/mol. The molecular formula is C20H26N4O3. The lowest BCUT2D eigenvalue weighted by atomic mass is 9.73. The summed E-state index contributed by atoms with van der Waals surface area (Å²) in [6, 6.07) is 3.93. The van der Waals surface area contributed by atoms with Crippen LogP contribution in [0.2, 0.25) is 0 Å². The van der Waals surface area contributed by atoms with Crippen LogP contribution in [0.25, 0.3) is 5.65 Å². The van der Waals surface area contributed by atoms with Crippen molar-refractivity contribution in [3.63, 3.8) is 0 Å². The average Bonchev–Trinajstić information content (AvgIpc) is 3.10. The average molecular weight is 370 g/mol. The smallest absolute Gasteiger partial charge is 0.274 e. The SMILES string of the molecule is Cc1cccn2cc(C(=O)N3CCCC4(CCC(=O)N(CCO)C4)C3)nc12. The molecule has 7 heteroatoms. The third kappa shape index (κ3) is 3.32. The van der Waals surface area contributed by atoms with Crippen LogP contribution in [0.1, 0.15) is 41.7 Å². The summed E-state index contributed by atoms with van der Waals surface area (Å²) in [5.41, 5.74) is 2.26. The van der Waals surface area contributed by atoms with Crippen molar-refractivity contribution >= 4 is 17.5 Å². The maximum absolute atomic E-state index is 13.1. The van der Waals surface area contributed by atoms with Crippen LogP contribution in [0, 0.1) is 12.3 Å². The Morgan fingerprint density at radius 1 is 1.33 bits per heavy atom. The molecule has 0 aromatic carbocycles. The van der Waals surface area contributed by atoms with Crippen LogP contribution in [-0.4, -0.2) is 68.9 Å². The van der Waals surface area contributed by atoms with Crippen LogP contribution in [0.3, 0.4) is 0 Å². The van der Waals surface area contributed by atoms with Crippen molar-refractivity contribution in [2.45, 2.75) is 32.6 Å². The lowest BCUT2D eigenvalue weighted by Gasteiger charge is -2.48. The molecule has 1 N–H and O–H groups in total. The third-order valence-corrected chi connectivity index (χ3v) is 5.96. The molecule has 2 amide bonds. The van der Waals surface area contributed by atoms with Crippen LogP contribution in [0.15, 0.2) is 24.5 Å². The van der Waals surface area contributed by atoms with E-state index in [9.17, 15) is 14.7 Å². The molecule has 2 aromatic heterocycles. The number of fused-ring (bicyclic) bond motifs is 1. The third-order valence-electron chi connectivity index (χ3n) is 5.96. The van der Waals surface area contributed by atoms with Gasteiger partial charge in [0.05, 0.1) is 6.61 Å². The van der Waals surface area contributed by atoms with E-state index in [-0.39, 0.29) is 23.8 Å². The largest absolute Gasteiger partial charge is 0.395 e. The quantitative estimate of drug-likeness (QED) is 0.888. The number of likely N-dealkylation sites (tertiary alicyclic amines) is 2. The van der Waals surface area contributed by atoms with Crippen molar-refractivity contribution in [3.05, 3.63) is 35.8 Å². The van der Waals surface area contributed by atoms with Gasteiger partial charge in [-0.2, -0.15) is 0 Å². The van der Waals surface area contributed by atoms with Gasteiger partial charge in [-0.1, -0.05) is 6.07 Å². The van der Waals surface area contributed by atoms with Crippen LogP contribution >= 0.6 is 0 Å². The predicted octanol–water partition coefficient (Wildman–Crippen LogP) is 1.48. The van der Waals surface area contributed by atoms with Gasteiger partial charge < -0.3 is 19.3 Å². The minimum Gasteiger partial charge on any atom is -0.395 e. The van der Waals surface area contributed by atoms with Gasteiger partial charge in [0.1, 0.15) is 11.3 Å². The van der Waals surface area contributed by atoms with Crippen molar-refractivity contribution in [3.8, 4) is 0 Å². The summed E-state index contributed by atoms with van der Waals surface area (Å²) < 4.78 is 1.89. The summed E-state index contributed by atoms with van der Waals surface area (Å²) in [6.07, 6.45) is 6.95. The molecule has 27 heavy (non-hydrogen) atoms. The van der Waals surface area contributed by atoms with Gasteiger partial charge >= 0.3 is 0 Å². The van der Waals surface area contributed by atoms with Gasteiger partial charge in [0.2, 0.25) is 5.91 Å². The van der Waals surface area contributed by atoms with Gasteiger partial charge in [-0.3, -0.25) is 9.59 Å². The fourth-order valence-electron chi connectivity index (χ4n) is 4.56. The number of pyridine rings is 1. The Hall–Kier alpha value is -2.41. The topological polar surface area (TPSA) is 78.2 Å². The fourth-order valence-corrected chi connectivity index (χ4v) is 4.56. The zero-order valence-electron chi connectivity index (χ0n) is 15.7. The first kappa shape index (κ1) is 18.0. The minimum atomic E-state index is -0.0634. The number of nitrogens with zero attached hydrogens (tertiary/aromatic N) is 4. The molecule has 7 nitrogen and oxygen atoms in total. The van der Waals surface area contributed by atoms with E-state index in [2.05, 4.69) is 4.98 Å². The summed E-state index contributed by atoms with van der Waals surface area (Å²) in [6.45, 7) is 4.34. The van der Waals surface area contributed by atoms with Gasteiger partial charge in [0, 0.05) is 50.4 Å². The highest BCUT2D eigenvalue weighted by molar-refractivity contribution is 5.93. The Balaban J connectivity index is 1.54. The maximum Gasteiger partial charge on any atom is 0.274 e. The number of aliphatic hydroxyl groups is 1. The Labute approximate surface area is 158 Å². The number of aliphatic hydroxyl groups excluding tert-OH is 1. The molecule has 0 bridgehead atoms. The zero-order valence-corrected chi connectivity index (χ0v) is 15.7. The number of β-amino-alcohol motifs (C(OH)–C–C–N with tert-alkyl or cyclic N) is 1. The number of imidazole rings is 1. The number of piperidine rings is 2. The van der Waals surface area contributed by atoms with Crippen molar-refractivity contribution in [2.75, 3.05) is 32.8 Å². The molecule has 4 rings (SSSR count). The molecule has 144 valence electrons.